The topological polar surface area (TPSA) is 54.3 Å². The first-order chi connectivity index (χ1) is 10.9. The summed E-state index contributed by atoms with van der Waals surface area (Å²) in [5.74, 6) is 0.244. The van der Waals surface area contributed by atoms with Crippen LogP contribution in [0.4, 0.5) is 18.9 Å². The number of amides is 1. The van der Waals surface area contributed by atoms with Crippen LogP contribution in [0.2, 0.25) is 0 Å². The monoisotopic (exact) mass is 326 g/mol. The number of rotatable bonds is 6. The van der Waals surface area contributed by atoms with Crippen molar-refractivity contribution in [2.24, 2.45) is 0 Å². The number of nitrogens with one attached hydrogen (secondary N) is 2. The minimum Gasteiger partial charge on any atom is -0.469 e. The molecule has 0 fully saturated rings. The molecular weight excluding hydrogens is 309 g/mol. The minimum atomic E-state index is -4.51. The van der Waals surface area contributed by atoms with Crippen LogP contribution in [0.1, 0.15) is 18.2 Å². The smallest absolute Gasteiger partial charge is 0.418 e. The van der Waals surface area contributed by atoms with Crippen LogP contribution in [0.5, 0.6) is 0 Å². The molecule has 2 N–H and O–H groups in total. The van der Waals surface area contributed by atoms with Crippen LogP contribution in [0, 0.1) is 0 Å². The Kier molecular flexibility index (Phi) is 5.44. The van der Waals surface area contributed by atoms with Gasteiger partial charge in [-0.05, 0) is 31.2 Å². The predicted octanol–water partition coefficient (Wildman–Crippen LogP) is 3.46. The third-order valence-corrected chi connectivity index (χ3v) is 3.29. The molecule has 0 radical (unpaired) electrons. The van der Waals surface area contributed by atoms with Crippen molar-refractivity contribution in [3.05, 3.63) is 54.0 Å². The third kappa shape index (κ3) is 4.85. The molecule has 1 aromatic carbocycles. The summed E-state index contributed by atoms with van der Waals surface area (Å²) in [5, 5.41) is 5.26. The van der Waals surface area contributed by atoms with Gasteiger partial charge in [0, 0.05) is 13.0 Å². The fourth-order valence-corrected chi connectivity index (χ4v) is 2.04. The molecule has 124 valence electrons. The molecule has 1 heterocycles. The van der Waals surface area contributed by atoms with E-state index in [1.54, 1.807) is 19.3 Å². The summed E-state index contributed by atoms with van der Waals surface area (Å²) in [4.78, 5) is 12.0. The highest BCUT2D eigenvalue weighted by molar-refractivity contribution is 5.95. The van der Waals surface area contributed by atoms with Crippen LogP contribution in [-0.2, 0) is 17.4 Å². The maximum absolute atomic E-state index is 12.9. The molecule has 0 saturated carbocycles. The third-order valence-electron chi connectivity index (χ3n) is 3.29. The Bertz CT molecular complexity index is 639. The van der Waals surface area contributed by atoms with Gasteiger partial charge in [0.05, 0.1) is 23.6 Å². The van der Waals surface area contributed by atoms with E-state index in [1.807, 2.05) is 6.07 Å². The molecule has 4 nitrogen and oxygen atoms in total. The van der Waals surface area contributed by atoms with Crippen molar-refractivity contribution in [3.8, 4) is 0 Å². The van der Waals surface area contributed by atoms with Crippen molar-refractivity contribution in [1.29, 1.82) is 0 Å². The highest BCUT2D eigenvalue weighted by Crippen LogP contribution is 2.34. The van der Waals surface area contributed by atoms with Gasteiger partial charge < -0.3 is 15.1 Å². The second kappa shape index (κ2) is 7.32. The quantitative estimate of drug-likeness (QED) is 0.855. The lowest BCUT2D eigenvalue weighted by Gasteiger charge is -2.17. The average molecular weight is 326 g/mol. The average Bonchev–Trinajstić information content (AvgIpc) is 3.00. The zero-order chi connectivity index (χ0) is 16.9. The molecule has 0 aliphatic heterocycles. The zero-order valence-electron chi connectivity index (χ0n) is 12.5. The first-order valence-electron chi connectivity index (χ1n) is 7.11. The number of hydrogen-bond acceptors (Lipinski definition) is 3. The van der Waals surface area contributed by atoms with Gasteiger partial charge in [-0.1, -0.05) is 12.1 Å². The second-order valence-corrected chi connectivity index (χ2v) is 5.04. The maximum Gasteiger partial charge on any atom is 0.418 e. The van der Waals surface area contributed by atoms with Gasteiger partial charge >= 0.3 is 6.18 Å². The van der Waals surface area contributed by atoms with Gasteiger partial charge in [0.25, 0.3) is 0 Å². The summed E-state index contributed by atoms with van der Waals surface area (Å²) >= 11 is 0. The number of alkyl halides is 3. The summed E-state index contributed by atoms with van der Waals surface area (Å²) in [6, 6.07) is 7.83. The van der Waals surface area contributed by atoms with Crippen molar-refractivity contribution in [3.63, 3.8) is 0 Å². The van der Waals surface area contributed by atoms with Crippen LogP contribution < -0.4 is 10.6 Å². The number of benzene rings is 1. The molecule has 1 aromatic heterocycles. The van der Waals surface area contributed by atoms with E-state index in [1.165, 1.54) is 18.2 Å². The summed E-state index contributed by atoms with van der Waals surface area (Å²) in [6.07, 6.45) is -2.37. The van der Waals surface area contributed by atoms with E-state index in [9.17, 15) is 18.0 Å². The van der Waals surface area contributed by atoms with Crippen LogP contribution in [-0.4, -0.2) is 18.5 Å². The van der Waals surface area contributed by atoms with Crippen LogP contribution in [0.3, 0.4) is 0 Å². The molecule has 0 saturated heterocycles. The van der Waals surface area contributed by atoms with Gasteiger partial charge in [0.15, 0.2) is 0 Å². The number of furan rings is 1. The lowest BCUT2D eigenvalue weighted by molar-refractivity contribution is -0.137. The highest BCUT2D eigenvalue weighted by atomic mass is 19.4. The van der Waals surface area contributed by atoms with E-state index in [4.69, 9.17) is 4.42 Å². The first-order valence-corrected chi connectivity index (χ1v) is 7.11. The SMILES string of the molecule is C[C@H](NCCc1ccco1)C(=O)Nc1ccccc1C(F)(F)F. The number of hydrogen-bond donors (Lipinski definition) is 2. The largest absolute Gasteiger partial charge is 0.469 e. The molecule has 0 unspecified atom stereocenters. The Morgan fingerprint density at radius 3 is 2.61 bits per heavy atom. The molecule has 0 spiro atoms. The summed E-state index contributed by atoms with van der Waals surface area (Å²) in [7, 11) is 0. The summed E-state index contributed by atoms with van der Waals surface area (Å²) in [5.41, 5.74) is -1.11. The maximum atomic E-state index is 12.9. The molecule has 7 heteroatoms. The van der Waals surface area contributed by atoms with Crippen molar-refractivity contribution < 1.29 is 22.4 Å². The zero-order valence-corrected chi connectivity index (χ0v) is 12.5. The Morgan fingerprint density at radius 2 is 1.96 bits per heavy atom. The van der Waals surface area contributed by atoms with Gasteiger partial charge in [-0.2, -0.15) is 13.2 Å². The van der Waals surface area contributed by atoms with Gasteiger partial charge in [0.2, 0.25) is 5.91 Å². The fraction of sp³-hybridized carbons (Fsp3) is 0.312. The van der Waals surface area contributed by atoms with Crippen molar-refractivity contribution >= 4 is 11.6 Å². The minimum absolute atomic E-state index is 0.246. The second-order valence-electron chi connectivity index (χ2n) is 5.04. The molecule has 23 heavy (non-hydrogen) atoms. The van der Waals surface area contributed by atoms with Crippen molar-refractivity contribution in [1.82, 2.24) is 5.32 Å². The van der Waals surface area contributed by atoms with E-state index >= 15 is 0 Å². The predicted molar refractivity (Wildman–Crippen MR) is 80.0 cm³/mol. The van der Waals surface area contributed by atoms with Crippen LogP contribution in [0.25, 0.3) is 0 Å². The lowest BCUT2D eigenvalue weighted by Crippen LogP contribution is -2.39. The molecular formula is C16H17F3N2O2. The van der Waals surface area contributed by atoms with Gasteiger partial charge in [0.1, 0.15) is 5.76 Å². The number of anilines is 1. The number of halogens is 3. The van der Waals surface area contributed by atoms with Gasteiger partial charge in [-0.25, -0.2) is 0 Å². The van der Waals surface area contributed by atoms with E-state index < -0.39 is 23.7 Å². The van der Waals surface area contributed by atoms with Crippen LogP contribution in [0.15, 0.2) is 47.1 Å². The molecule has 2 rings (SSSR count). The van der Waals surface area contributed by atoms with E-state index in [0.717, 1.165) is 11.8 Å². The van der Waals surface area contributed by atoms with Crippen molar-refractivity contribution in [2.45, 2.75) is 25.6 Å². The molecule has 1 amide bonds. The Morgan fingerprint density at radius 1 is 1.22 bits per heavy atom. The Hall–Kier alpha value is -2.28. The Labute approximate surface area is 131 Å². The number of carbonyl (C=O) groups is 1. The normalized spacial score (nSPS) is 12.9. The van der Waals surface area contributed by atoms with E-state index in [2.05, 4.69) is 10.6 Å². The highest BCUT2D eigenvalue weighted by Gasteiger charge is 2.33. The first kappa shape index (κ1) is 17.1. The lowest BCUT2D eigenvalue weighted by atomic mass is 10.1. The summed E-state index contributed by atoms with van der Waals surface area (Å²) < 4.78 is 43.8. The fourth-order valence-electron chi connectivity index (χ4n) is 2.04. The number of para-hydroxylation sites is 1. The van der Waals surface area contributed by atoms with E-state index in [-0.39, 0.29) is 5.69 Å². The Balaban J connectivity index is 1.91. The van der Waals surface area contributed by atoms with Crippen LogP contribution >= 0.6 is 0 Å². The molecule has 2 aromatic rings. The van der Waals surface area contributed by atoms with Crippen molar-refractivity contribution in [2.75, 3.05) is 11.9 Å². The molecule has 1 atom stereocenters. The summed E-state index contributed by atoms with van der Waals surface area (Å²) in [6.45, 7) is 2.07. The molecule has 0 aliphatic carbocycles. The molecule has 0 aliphatic rings. The number of carbonyl (C=O) groups excluding carboxylic acids is 1. The standard InChI is InChI=1S/C16H17F3N2O2/c1-11(20-9-8-12-5-4-10-23-12)15(22)21-14-7-3-2-6-13(14)16(17,18)19/h2-7,10-11,20H,8-9H2,1H3,(H,21,22)/t11-/m0/s1. The molecule has 0 bridgehead atoms. The van der Waals surface area contributed by atoms with Gasteiger partial charge in [-0.3, -0.25) is 4.79 Å². The van der Waals surface area contributed by atoms with E-state index in [0.29, 0.717) is 13.0 Å². The van der Waals surface area contributed by atoms with Gasteiger partial charge in [-0.15, -0.1) is 0 Å².